The molecule has 1 aromatic rings. The van der Waals surface area contributed by atoms with E-state index < -0.39 is 6.04 Å². The summed E-state index contributed by atoms with van der Waals surface area (Å²) in [5.41, 5.74) is 6.44. The highest BCUT2D eigenvalue weighted by molar-refractivity contribution is 6.30. The maximum atomic E-state index is 12.3. The van der Waals surface area contributed by atoms with E-state index in [1.165, 1.54) is 0 Å². The van der Waals surface area contributed by atoms with Gasteiger partial charge < -0.3 is 10.6 Å². The summed E-state index contributed by atoms with van der Waals surface area (Å²) in [4.78, 5) is 28.2. The maximum absolute atomic E-state index is 12.3. The number of hydrogen-bond acceptors (Lipinski definition) is 3. The molecule has 1 fully saturated rings. The van der Waals surface area contributed by atoms with E-state index in [0.29, 0.717) is 37.6 Å². The van der Waals surface area contributed by atoms with Gasteiger partial charge in [0.1, 0.15) is 6.04 Å². The highest BCUT2D eigenvalue weighted by atomic mass is 35.5. The number of nitrogens with two attached hydrogens (primary N) is 1. The molecule has 6 heteroatoms. The number of benzene rings is 1. The Bertz CT molecular complexity index is 587. The number of rotatable bonds is 4. The summed E-state index contributed by atoms with van der Waals surface area (Å²) in [5, 5.41) is 0.625. The van der Waals surface area contributed by atoms with Crippen LogP contribution >= 0.6 is 11.6 Å². The Balaban J connectivity index is 2.02. The third-order valence-corrected chi connectivity index (χ3v) is 4.42. The van der Waals surface area contributed by atoms with Crippen LogP contribution in [0.1, 0.15) is 38.8 Å². The van der Waals surface area contributed by atoms with Crippen LogP contribution in [0.2, 0.25) is 5.02 Å². The summed E-state index contributed by atoms with van der Waals surface area (Å²) in [7, 11) is 0. The summed E-state index contributed by atoms with van der Waals surface area (Å²) in [6, 6.07) is 6.69. The third-order valence-electron chi connectivity index (χ3n) is 4.17. The topological polar surface area (TPSA) is 66.6 Å². The molecule has 2 amide bonds. The summed E-state index contributed by atoms with van der Waals surface area (Å²) in [6.45, 7) is 8.68. The lowest BCUT2D eigenvalue weighted by Crippen LogP contribution is -2.52. The minimum absolute atomic E-state index is 0.0206. The second-order valence-electron chi connectivity index (χ2n) is 7.51. The van der Waals surface area contributed by atoms with Crippen LogP contribution in [0.5, 0.6) is 0 Å². The Morgan fingerprint density at radius 1 is 1.12 bits per heavy atom. The molecule has 0 bridgehead atoms. The lowest BCUT2D eigenvalue weighted by Gasteiger charge is -2.39. The first-order valence-corrected chi connectivity index (χ1v) is 8.62. The Labute approximate surface area is 148 Å². The van der Waals surface area contributed by atoms with Crippen molar-refractivity contribution in [1.82, 2.24) is 9.80 Å². The van der Waals surface area contributed by atoms with Crippen molar-refractivity contribution in [2.45, 2.75) is 33.2 Å². The van der Waals surface area contributed by atoms with E-state index >= 15 is 0 Å². The SMILES string of the molecule is CC(C)(C)CC(=O)N1CCN(C(C(N)=O)c2ccc(Cl)cc2)CC1. The molecule has 5 nitrogen and oxygen atoms in total. The maximum Gasteiger partial charge on any atom is 0.239 e. The quantitative estimate of drug-likeness (QED) is 0.906. The molecule has 0 aliphatic carbocycles. The molecule has 2 rings (SSSR count). The van der Waals surface area contributed by atoms with Gasteiger partial charge in [-0.05, 0) is 23.1 Å². The first-order valence-electron chi connectivity index (χ1n) is 8.24. The number of hydrogen-bond donors (Lipinski definition) is 1. The van der Waals surface area contributed by atoms with Crippen molar-refractivity contribution in [3.8, 4) is 0 Å². The molecule has 0 aromatic heterocycles. The van der Waals surface area contributed by atoms with Gasteiger partial charge in [-0.2, -0.15) is 0 Å². The van der Waals surface area contributed by atoms with Crippen molar-refractivity contribution in [3.05, 3.63) is 34.9 Å². The van der Waals surface area contributed by atoms with Crippen molar-refractivity contribution in [3.63, 3.8) is 0 Å². The molecule has 2 N–H and O–H groups in total. The zero-order valence-corrected chi connectivity index (χ0v) is 15.3. The molecular weight excluding hydrogens is 326 g/mol. The molecule has 0 spiro atoms. The molecule has 24 heavy (non-hydrogen) atoms. The van der Waals surface area contributed by atoms with E-state index in [1.807, 2.05) is 21.9 Å². The van der Waals surface area contributed by atoms with Crippen LogP contribution in [-0.2, 0) is 9.59 Å². The van der Waals surface area contributed by atoms with Gasteiger partial charge in [0.15, 0.2) is 0 Å². The fourth-order valence-electron chi connectivity index (χ4n) is 3.00. The lowest BCUT2D eigenvalue weighted by molar-refractivity contribution is -0.135. The standard InChI is InChI=1S/C18H26ClN3O2/c1-18(2,3)12-15(23)21-8-10-22(11-9-21)16(17(20)24)13-4-6-14(19)7-5-13/h4-7,16H,8-12H2,1-3H3,(H2,20,24). The number of carbonyl (C=O) groups is 2. The van der Waals surface area contributed by atoms with E-state index in [9.17, 15) is 9.59 Å². The molecule has 1 aliphatic rings. The second kappa shape index (κ2) is 7.53. The third kappa shape index (κ3) is 4.95. The molecule has 1 unspecified atom stereocenters. The normalized spacial score (nSPS) is 17.6. The van der Waals surface area contributed by atoms with Gasteiger partial charge in [-0.25, -0.2) is 0 Å². The molecule has 1 aromatic carbocycles. The van der Waals surface area contributed by atoms with E-state index in [1.54, 1.807) is 12.1 Å². The molecule has 0 saturated carbocycles. The molecule has 1 aliphatic heterocycles. The van der Waals surface area contributed by atoms with Gasteiger partial charge in [0.2, 0.25) is 11.8 Å². The molecular formula is C18H26ClN3O2. The van der Waals surface area contributed by atoms with Crippen LogP contribution in [-0.4, -0.2) is 47.8 Å². The van der Waals surface area contributed by atoms with Crippen molar-refractivity contribution in [2.24, 2.45) is 11.1 Å². The van der Waals surface area contributed by atoms with Crippen LogP contribution in [0.4, 0.5) is 0 Å². The average molecular weight is 352 g/mol. The number of halogens is 1. The van der Waals surface area contributed by atoms with Crippen molar-refractivity contribution in [2.75, 3.05) is 26.2 Å². The Morgan fingerprint density at radius 2 is 1.67 bits per heavy atom. The van der Waals surface area contributed by atoms with E-state index in [4.69, 9.17) is 17.3 Å². The first-order chi connectivity index (χ1) is 11.2. The zero-order chi connectivity index (χ0) is 17.9. The Morgan fingerprint density at radius 3 is 2.12 bits per heavy atom. The first kappa shape index (κ1) is 18.7. The summed E-state index contributed by atoms with van der Waals surface area (Å²) >= 11 is 5.91. The van der Waals surface area contributed by atoms with Gasteiger partial charge in [0.05, 0.1) is 0 Å². The smallest absolute Gasteiger partial charge is 0.239 e. The minimum atomic E-state index is -0.484. The number of primary amides is 1. The van der Waals surface area contributed by atoms with E-state index in [0.717, 1.165) is 5.56 Å². The number of amides is 2. The molecule has 132 valence electrons. The van der Waals surface area contributed by atoms with E-state index in [-0.39, 0.29) is 17.2 Å². The van der Waals surface area contributed by atoms with Gasteiger partial charge in [0.25, 0.3) is 0 Å². The monoisotopic (exact) mass is 351 g/mol. The lowest BCUT2D eigenvalue weighted by atomic mass is 9.91. The van der Waals surface area contributed by atoms with Crippen LogP contribution in [0, 0.1) is 5.41 Å². The number of piperazine rings is 1. The summed E-state index contributed by atoms with van der Waals surface area (Å²) in [6.07, 6.45) is 0.531. The number of nitrogens with zero attached hydrogens (tertiary/aromatic N) is 2. The van der Waals surface area contributed by atoms with Crippen molar-refractivity contribution in [1.29, 1.82) is 0 Å². The fraction of sp³-hybridized carbons (Fsp3) is 0.556. The zero-order valence-electron chi connectivity index (χ0n) is 14.6. The molecule has 0 radical (unpaired) electrons. The molecule has 1 heterocycles. The van der Waals surface area contributed by atoms with Gasteiger partial charge >= 0.3 is 0 Å². The average Bonchev–Trinajstić information content (AvgIpc) is 2.48. The highest BCUT2D eigenvalue weighted by Crippen LogP contribution is 2.25. The van der Waals surface area contributed by atoms with Crippen LogP contribution in [0.3, 0.4) is 0 Å². The highest BCUT2D eigenvalue weighted by Gasteiger charge is 2.31. The van der Waals surface area contributed by atoms with Crippen LogP contribution in [0.25, 0.3) is 0 Å². The number of carbonyl (C=O) groups excluding carboxylic acids is 2. The summed E-state index contributed by atoms with van der Waals surface area (Å²) in [5.74, 6) is -0.212. The Hall–Kier alpha value is -1.59. The van der Waals surface area contributed by atoms with Gasteiger partial charge in [-0.3, -0.25) is 14.5 Å². The second-order valence-corrected chi connectivity index (χ2v) is 7.95. The Kier molecular flexibility index (Phi) is 5.88. The predicted octanol–water partition coefficient (Wildman–Crippen LogP) is 2.45. The van der Waals surface area contributed by atoms with Gasteiger partial charge in [-0.1, -0.05) is 44.5 Å². The molecule has 1 atom stereocenters. The van der Waals surface area contributed by atoms with Gasteiger partial charge in [0, 0.05) is 37.6 Å². The van der Waals surface area contributed by atoms with Crippen molar-refractivity contribution >= 4 is 23.4 Å². The summed E-state index contributed by atoms with van der Waals surface area (Å²) < 4.78 is 0. The minimum Gasteiger partial charge on any atom is -0.368 e. The van der Waals surface area contributed by atoms with Crippen molar-refractivity contribution < 1.29 is 9.59 Å². The predicted molar refractivity (Wildman–Crippen MR) is 95.6 cm³/mol. The fourth-order valence-corrected chi connectivity index (χ4v) is 3.12. The largest absolute Gasteiger partial charge is 0.368 e. The van der Waals surface area contributed by atoms with E-state index in [2.05, 4.69) is 20.8 Å². The van der Waals surface area contributed by atoms with Crippen LogP contribution in [0.15, 0.2) is 24.3 Å². The van der Waals surface area contributed by atoms with Crippen LogP contribution < -0.4 is 5.73 Å². The van der Waals surface area contributed by atoms with Gasteiger partial charge in [-0.15, -0.1) is 0 Å². The molecule has 1 saturated heterocycles.